The summed E-state index contributed by atoms with van der Waals surface area (Å²) in [6, 6.07) is 11.8. The first-order chi connectivity index (χ1) is 10.1. The fourth-order valence-electron chi connectivity index (χ4n) is 1.95. The Bertz CT molecular complexity index is 584. The molecule has 1 atom stereocenters. The summed E-state index contributed by atoms with van der Waals surface area (Å²) < 4.78 is 18.2. The van der Waals surface area contributed by atoms with E-state index in [0.29, 0.717) is 12.3 Å². The van der Waals surface area contributed by atoms with E-state index in [1.807, 2.05) is 19.1 Å². The third-order valence-electron chi connectivity index (χ3n) is 3.39. The number of hydrogen-bond donors (Lipinski definition) is 2. The van der Waals surface area contributed by atoms with Gasteiger partial charge in [0.15, 0.2) is 0 Å². The van der Waals surface area contributed by atoms with Gasteiger partial charge in [-0.25, -0.2) is 4.39 Å². The zero-order valence-corrected chi connectivity index (χ0v) is 12.3. The molecule has 3 nitrogen and oxygen atoms in total. The lowest BCUT2D eigenvalue weighted by Gasteiger charge is -2.16. The van der Waals surface area contributed by atoms with Gasteiger partial charge in [-0.1, -0.05) is 12.1 Å². The Morgan fingerprint density at radius 3 is 2.57 bits per heavy atom. The summed E-state index contributed by atoms with van der Waals surface area (Å²) in [6.07, 6.45) is -0.644. The van der Waals surface area contributed by atoms with Gasteiger partial charge in [0.2, 0.25) is 0 Å². The maximum absolute atomic E-state index is 12.7. The number of halogens is 1. The first kappa shape index (κ1) is 15.3. The second kappa shape index (κ2) is 7.09. The summed E-state index contributed by atoms with van der Waals surface area (Å²) in [5, 5.41) is 13.1. The first-order valence-electron chi connectivity index (χ1n) is 6.93. The van der Waals surface area contributed by atoms with E-state index < -0.39 is 6.10 Å². The third kappa shape index (κ3) is 4.46. The summed E-state index contributed by atoms with van der Waals surface area (Å²) in [5.41, 5.74) is 3.39. The third-order valence-corrected chi connectivity index (χ3v) is 3.39. The maximum atomic E-state index is 12.7. The second-order valence-electron chi connectivity index (χ2n) is 5.05. The highest BCUT2D eigenvalue weighted by molar-refractivity contribution is 5.53. The van der Waals surface area contributed by atoms with Crippen LogP contribution in [-0.4, -0.2) is 24.4 Å². The molecule has 0 heterocycles. The molecule has 21 heavy (non-hydrogen) atoms. The normalized spacial score (nSPS) is 12.0. The van der Waals surface area contributed by atoms with Crippen LogP contribution in [0.1, 0.15) is 11.1 Å². The van der Waals surface area contributed by atoms with Crippen LogP contribution in [-0.2, 0) is 0 Å². The van der Waals surface area contributed by atoms with E-state index in [1.165, 1.54) is 23.3 Å². The predicted octanol–water partition coefficient (Wildman–Crippen LogP) is 3.29. The van der Waals surface area contributed by atoms with Crippen LogP contribution in [0.3, 0.4) is 0 Å². The molecule has 2 N–H and O–H groups in total. The van der Waals surface area contributed by atoms with Crippen LogP contribution in [0.4, 0.5) is 10.1 Å². The zero-order valence-electron chi connectivity index (χ0n) is 12.3. The van der Waals surface area contributed by atoms with E-state index in [-0.39, 0.29) is 12.4 Å². The Morgan fingerprint density at radius 2 is 1.86 bits per heavy atom. The Morgan fingerprint density at radius 1 is 1.14 bits per heavy atom. The average Bonchev–Trinajstić information content (AvgIpc) is 2.48. The van der Waals surface area contributed by atoms with E-state index >= 15 is 0 Å². The molecule has 2 aromatic carbocycles. The number of ether oxygens (including phenoxy) is 1. The molecule has 0 saturated heterocycles. The van der Waals surface area contributed by atoms with Crippen LogP contribution in [0.25, 0.3) is 0 Å². The number of rotatable bonds is 6. The first-order valence-corrected chi connectivity index (χ1v) is 6.93. The van der Waals surface area contributed by atoms with Crippen molar-refractivity contribution < 1.29 is 14.2 Å². The molecule has 0 aliphatic heterocycles. The van der Waals surface area contributed by atoms with Crippen LogP contribution in [0.5, 0.6) is 5.75 Å². The predicted molar refractivity (Wildman–Crippen MR) is 82.3 cm³/mol. The maximum Gasteiger partial charge on any atom is 0.123 e. The summed E-state index contributed by atoms with van der Waals surface area (Å²) in [6.45, 7) is 4.64. The molecule has 112 valence electrons. The van der Waals surface area contributed by atoms with Crippen LogP contribution in [0.15, 0.2) is 42.5 Å². The van der Waals surface area contributed by atoms with E-state index in [1.54, 1.807) is 12.1 Å². The molecule has 0 fully saturated rings. The molecule has 1 unspecified atom stereocenters. The molecular formula is C17H20FNO2. The monoisotopic (exact) mass is 289 g/mol. The van der Waals surface area contributed by atoms with Crippen molar-refractivity contribution in [3.63, 3.8) is 0 Å². The smallest absolute Gasteiger partial charge is 0.123 e. The minimum absolute atomic E-state index is 0.156. The lowest BCUT2D eigenvalue weighted by Crippen LogP contribution is -2.26. The minimum atomic E-state index is -0.644. The van der Waals surface area contributed by atoms with E-state index in [9.17, 15) is 9.50 Å². The summed E-state index contributed by atoms with van der Waals surface area (Å²) in [4.78, 5) is 0. The van der Waals surface area contributed by atoms with Gasteiger partial charge in [0.05, 0.1) is 0 Å². The van der Waals surface area contributed by atoms with Crippen molar-refractivity contribution in [1.82, 2.24) is 0 Å². The van der Waals surface area contributed by atoms with Crippen molar-refractivity contribution in [3.05, 3.63) is 59.4 Å². The lowest BCUT2D eigenvalue weighted by atomic mass is 10.1. The Balaban J connectivity index is 1.80. The van der Waals surface area contributed by atoms with Gasteiger partial charge in [0.25, 0.3) is 0 Å². The SMILES string of the molecule is Cc1cccc(NCC(O)COc2ccc(F)cc2)c1C. The Labute approximate surface area is 124 Å². The van der Waals surface area contributed by atoms with Crippen LogP contribution >= 0.6 is 0 Å². The van der Waals surface area contributed by atoms with E-state index in [0.717, 1.165) is 5.69 Å². The topological polar surface area (TPSA) is 41.5 Å². The molecule has 0 saturated carbocycles. The number of aryl methyl sites for hydroxylation is 1. The summed E-state index contributed by atoms with van der Waals surface area (Å²) >= 11 is 0. The molecule has 0 spiro atoms. The van der Waals surface area contributed by atoms with Crippen molar-refractivity contribution in [2.45, 2.75) is 20.0 Å². The van der Waals surface area contributed by atoms with Crippen LogP contribution < -0.4 is 10.1 Å². The molecule has 0 bridgehead atoms. The molecule has 0 aliphatic rings. The molecule has 0 aromatic heterocycles. The van der Waals surface area contributed by atoms with Gasteiger partial charge in [-0.3, -0.25) is 0 Å². The Hall–Kier alpha value is -2.07. The number of aliphatic hydroxyl groups excluding tert-OH is 1. The molecule has 0 aliphatic carbocycles. The second-order valence-corrected chi connectivity index (χ2v) is 5.05. The van der Waals surface area contributed by atoms with Gasteiger partial charge in [0, 0.05) is 12.2 Å². The largest absolute Gasteiger partial charge is 0.491 e. The molecule has 0 radical (unpaired) electrons. The molecule has 0 amide bonds. The molecular weight excluding hydrogens is 269 g/mol. The van der Waals surface area contributed by atoms with Gasteiger partial charge >= 0.3 is 0 Å². The van der Waals surface area contributed by atoms with Gasteiger partial charge < -0.3 is 15.2 Å². The number of hydrogen-bond acceptors (Lipinski definition) is 3. The van der Waals surface area contributed by atoms with Gasteiger partial charge in [-0.2, -0.15) is 0 Å². The highest BCUT2D eigenvalue weighted by Gasteiger charge is 2.07. The average molecular weight is 289 g/mol. The fraction of sp³-hybridized carbons (Fsp3) is 0.294. The molecule has 2 aromatic rings. The van der Waals surface area contributed by atoms with Crippen molar-refractivity contribution in [3.8, 4) is 5.75 Å². The van der Waals surface area contributed by atoms with Crippen molar-refractivity contribution in [1.29, 1.82) is 0 Å². The zero-order chi connectivity index (χ0) is 15.2. The van der Waals surface area contributed by atoms with Gasteiger partial charge in [0.1, 0.15) is 24.3 Å². The Kier molecular flexibility index (Phi) is 5.17. The number of benzene rings is 2. The number of nitrogens with one attached hydrogen (secondary N) is 1. The van der Waals surface area contributed by atoms with Crippen LogP contribution in [0, 0.1) is 19.7 Å². The number of anilines is 1. The number of aliphatic hydroxyl groups is 1. The quantitative estimate of drug-likeness (QED) is 0.857. The van der Waals surface area contributed by atoms with Crippen molar-refractivity contribution in [2.24, 2.45) is 0 Å². The molecule has 4 heteroatoms. The van der Waals surface area contributed by atoms with Crippen molar-refractivity contribution in [2.75, 3.05) is 18.5 Å². The highest BCUT2D eigenvalue weighted by Crippen LogP contribution is 2.18. The van der Waals surface area contributed by atoms with E-state index in [2.05, 4.69) is 18.3 Å². The molecule has 2 rings (SSSR count). The van der Waals surface area contributed by atoms with Crippen LogP contribution in [0.2, 0.25) is 0 Å². The van der Waals surface area contributed by atoms with E-state index in [4.69, 9.17) is 4.74 Å². The van der Waals surface area contributed by atoms with Crippen molar-refractivity contribution >= 4 is 5.69 Å². The van der Waals surface area contributed by atoms with Gasteiger partial charge in [-0.05, 0) is 55.3 Å². The standard InChI is InChI=1S/C17H20FNO2/c1-12-4-3-5-17(13(12)2)19-10-15(20)11-21-16-8-6-14(18)7-9-16/h3-9,15,19-20H,10-11H2,1-2H3. The van der Waals surface area contributed by atoms with Gasteiger partial charge in [-0.15, -0.1) is 0 Å². The lowest BCUT2D eigenvalue weighted by molar-refractivity contribution is 0.117. The minimum Gasteiger partial charge on any atom is -0.491 e. The summed E-state index contributed by atoms with van der Waals surface area (Å²) in [5.74, 6) is 0.238. The fourth-order valence-corrected chi connectivity index (χ4v) is 1.95. The summed E-state index contributed by atoms with van der Waals surface area (Å²) in [7, 11) is 0. The highest BCUT2D eigenvalue weighted by atomic mass is 19.1.